The molecule has 1 aliphatic heterocycles. The molecule has 1 N–H and O–H groups in total. The van der Waals surface area contributed by atoms with Gasteiger partial charge in [0.2, 0.25) is 0 Å². The van der Waals surface area contributed by atoms with Gasteiger partial charge in [-0.25, -0.2) is 0 Å². The van der Waals surface area contributed by atoms with Crippen molar-refractivity contribution in [3.05, 3.63) is 70.8 Å². The van der Waals surface area contributed by atoms with Gasteiger partial charge < -0.3 is 5.32 Å². The second-order valence-electron chi connectivity index (χ2n) is 5.38. The van der Waals surface area contributed by atoms with Gasteiger partial charge in [-0.2, -0.15) is 0 Å². The topological polar surface area (TPSA) is 12.0 Å². The van der Waals surface area contributed by atoms with Gasteiger partial charge in [0.05, 0.1) is 0 Å². The third-order valence-electron chi connectivity index (χ3n) is 3.99. The fourth-order valence-electron chi connectivity index (χ4n) is 3.05. The van der Waals surface area contributed by atoms with Crippen molar-refractivity contribution >= 4 is 0 Å². The molecule has 0 spiro atoms. The molecule has 1 nitrogen and oxygen atoms in total. The first kappa shape index (κ1) is 12.4. The molecule has 2 aromatic carbocycles. The summed E-state index contributed by atoms with van der Waals surface area (Å²) in [5.41, 5.74) is 5.85. The molecule has 0 aromatic heterocycles. The fourth-order valence-corrected chi connectivity index (χ4v) is 3.05. The van der Waals surface area contributed by atoms with Crippen LogP contribution in [0.3, 0.4) is 0 Å². The van der Waals surface area contributed by atoms with Gasteiger partial charge in [0.15, 0.2) is 0 Å². The Morgan fingerprint density at radius 3 is 2.89 bits per heavy atom. The fraction of sp³-hybridized carbons (Fsp3) is 0.333. The van der Waals surface area contributed by atoms with Crippen LogP contribution in [0.2, 0.25) is 0 Å². The van der Waals surface area contributed by atoms with Crippen LogP contribution in [0.4, 0.5) is 0 Å². The lowest BCUT2D eigenvalue weighted by atomic mass is 9.85. The van der Waals surface area contributed by atoms with E-state index < -0.39 is 0 Å². The molecule has 3 rings (SSSR count). The van der Waals surface area contributed by atoms with Crippen LogP contribution in [0.5, 0.6) is 0 Å². The van der Waals surface area contributed by atoms with Crippen LogP contribution in [-0.2, 0) is 13.0 Å². The Labute approximate surface area is 115 Å². The maximum absolute atomic E-state index is 3.54. The van der Waals surface area contributed by atoms with E-state index in [1.807, 2.05) is 0 Å². The van der Waals surface area contributed by atoms with Gasteiger partial charge in [0.25, 0.3) is 0 Å². The van der Waals surface area contributed by atoms with E-state index >= 15 is 0 Å². The van der Waals surface area contributed by atoms with Crippen molar-refractivity contribution in [3.8, 4) is 0 Å². The summed E-state index contributed by atoms with van der Waals surface area (Å²) >= 11 is 0. The third-order valence-corrected chi connectivity index (χ3v) is 3.99. The normalized spacial score (nSPS) is 18.1. The summed E-state index contributed by atoms with van der Waals surface area (Å²) in [4.78, 5) is 0. The second kappa shape index (κ2) is 5.58. The van der Waals surface area contributed by atoms with E-state index in [0.717, 1.165) is 13.1 Å². The van der Waals surface area contributed by atoms with Crippen LogP contribution < -0.4 is 5.32 Å². The Balaban J connectivity index is 1.97. The van der Waals surface area contributed by atoms with E-state index in [2.05, 4.69) is 60.8 Å². The molecular weight excluding hydrogens is 230 g/mol. The summed E-state index contributed by atoms with van der Waals surface area (Å²) < 4.78 is 0. The molecule has 2 aromatic rings. The second-order valence-corrected chi connectivity index (χ2v) is 5.38. The summed E-state index contributed by atoms with van der Waals surface area (Å²) in [6.07, 6.45) is 2.39. The van der Waals surface area contributed by atoms with Gasteiger partial charge in [-0.1, -0.05) is 61.9 Å². The highest BCUT2D eigenvalue weighted by atomic mass is 14.9. The van der Waals surface area contributed by atoms with Crippen LogP contribution >= 0.6 is 0 Å². The number of hydrogen-bond acceptors (Lipinski definition) is 1. The molecule has 19 heavy (non-hydrogen) atoms. The molecule has 0 bridgehead atoms. The van der Waals surface area contributed by atoms with Crippen molar-refractivity contribution in [2.24, 2.45) is 0 Å². The van der Waals surface area contributed by atoms with Crippen molar-refractivity contribution in [3.63, 3.8) is 0 Å². The van der Waals surface area contributed by atoms with Gasteiger partial charge >= 0.3 is 0 Å². The molecule has 1 heterocycles. The van der Waals surface area contributed by atoms with Crippen LogP contribution in [0.25, 0.3) is 0 Å². The average molecular weight is 251 g/mol. The quantitative estimate of drug-likeness (QED) is 0.873. The lowest BCUT2D eigenvalue weighted by molar-refractivity contribution is 0.591. The van der Waals surface area contributed by atoms with E-state index in [-0.39, 0.29) is 0 Å². The van der Waals surface area contributed by atoms with Crippen molar-refractivity contribution in [1.29, 1.82) is 0 Å². The van der Waals surface area contributed by atoms with E-state index in [4.69, 9.17) is 0 Å². The maximum atomic E-state index is 3.54. The molecule has 1 atom stereocenters. The molecule has 1 aliphatic rings. The Kier molecular flexibility index (Phi) is 3.65. The monoisotopic (exact) mass is 251 g/mol. The number of rotatable bonds is 3. The molecule has 1 unspecified atom stereocenters. The SMILES string of the molecule is CCCc1cccc(C2CNCc3ccccc32)c1. The van der Waals surface area contributed by atoms with Crippen molar-refractivity contribution in [1.82, 2.24) is 5.32 Å². The largest absolute Gasteiger partial charge is 0.312 e. The van der Waals surface area contributed by atoms with Gasteiger partial charge in [-0.3, -0.25) is 0 Å². The van der Waals surface area contributed by atoms with Crippen LogP contribution in [-0.4, -0.2) is 6.54 Å². The van der Waals surface area contributed by atoms with Crippen molar-refractivity contribution in [2.45, 2.75) is 32.2 Å². The van der Waals surface area contributed by atoms with Gasteiger partial charge in [0.1, 0.15) is 0 Å². The Bertz CT molecular complexity index is 559. The predicted molar refractivity (Wildman–Crippen MR) is 80.4 cm³/mol. The molecule has 0 saturated heterocycles. The zero-order valence-electron chi connectivity index (χ0n) is 11.5. The first-order chi connectivity index (χ1) is 9.38. The molecule has 1 heteroatoms. The van der Waals surface area contributed by atoms with Gasteiger partial charge in [-0.05, 0) is 28.7 Å². The number of hydrogen-bond donors (Lipinski definition) is 1. The Hall–Kier alpha value is -1.60. The minimum atomic E-state index is 0.502. The first-order valence-corrected chi connectivity index (χ1v) is 7.26. The van der Waals surface area contributed by atoms with E-state index in [9.17, 15) is 0 Å². The minimum absolute atomic E-state index is 0.502. The summed E-state index contributed by atoms with van der Waals surface area (Å²) in [6, 6.07) is 17.9. The average Bonchev–Trinajstić information content (AvgIpc) is 2.47. The minimum Gasteiger partial charge on any atom is -0.312 e. The third kappa shape index (κ3) is 2.57. The number of aryl methyl sites for hydroxylation is 1. The lowest BCUT2D eigenvalue weighted by Crippen LogP contribution is -2.28. The van der Waals surface area contributed by atoms with Crippen LogP contribution in [0.15, 0.2) is 48.5 Å². The summed E-state index contributed by atoms with van der Waals surface area (Å²) in [5, 5.41) is 3.54. The standard InChI is InChI=1S/C18H21N/c1-2-6-14-7-5-9-15(11-14)18-13-19-12-16-8-3-4-10-17(16)18/h3-5,7-11,18-19H,2,6,12-13H2,1H3. The molecule has 98 valence electrons. The Morgan fingerprint density at radius 2 is 2.00 bits per heavy atom. The number of nitrogens with one attached hydrogen (secondary N) is 1. The lowest BCUT2D eigenvalue weighted by Gasteiger charge is -2.27. The highest BCUT2D eigenvalue weighted by Crippen LogP contribution is 2.30. The summed E-state index contributed by atoms with van der Waals surface area (Å²) in [5.74, 6) is 0.502. The summed E-state index contributed by atoms with van der Waals surface area (Å²) in [6.45, 7) is 4.29. The molecule has 0 radical (unpaired) electrons. The van der Waals surface area contributed by atoms with Crippen molar-refractivity contribution < 1.29 is 0 Å². The molecule has 0 amide bonds. The predicted octanol–water partition coefficient (Wildman–Crippen LogP) is 3.87. The molecule has 0 saturated carbocycles. The zero-order valence-corrected chi connectivity index (χ0v) is 11.5. The smallest absolute Gasteiger partial charge is 0.0218 e. The van der Waals surface area contributed by atoms with Gasteiger partial charge in [0, 0.05) is 19.0 Å². The first-order valence-electron chi connectivity index (χ1n) is 7.26. The summed E-state index contributed by atoms with van der Waals surface area (Å²) in [7, 11) is 0. The van der Waals surface area contributed by atoms with E-state index in [1.165, 1.54) is 35.1 Å². The number of benzene rings is 2. The zero-order chi connectivity index (χ0) is 13.1. The van der Waals surface area contributed by atoms with Gasteiger partial charge in [-0.15, -0.1) is 0 Å². The van der Waals surface area contributed by atoms with E-state index in [1.54, 1.807) is 0 Å². The van der Waals surface area contributed by atoms with E-state index in [0.29, 0.717) is 5.92 Å². The molecule has 0 fully saturated rings. The van der Waals surface area contributed by atoms with Crippen LogP contribution in [0, 0.1) is 0 Å². The molecule has 0 aliphatic carbocycles. The maximum Gasteiger partial charge on any atom is 0.0218 e. The highest BCUT2D eigenvalue weighted by molar-refractivity contribution is 5.41. The van der Waals surface area contributed by atoms with Crippen molar-refractivity contribution in [2.75, 3.05) is 6.54 Å². The van der Waals surface area contributed by atoms with Crippen LogP contribution in [0.1, 0.15) is 41.5 Å². The Morgan fingerprint density at radius 1 is 1.11 bits per heavy atom. The molecular formula is C18H21N. The highest BCUT2D eigenvalue weighted by Gasteiger charge is 2.20. The number of fused-ring (bicyclic) bond motifs is 1.